The Hall–Kier alpha value is -0.0400. The minimum atomic E-state index is 0.642. The highest BCUT2D eigenvalue weighted by atomic mass is 14.6. The van der Waals surface area contributed by atoms with Crippen molar-refractivity contribution in [2.75, 3.05) is 0 Å². The van der Waals surface area contributed by atoms with Crippen LogP contribution in [0.2, 0.25) is 0 Å². The average molecular weight is 130 g/mol. The summed E-state index contributed by atoms with van der Waals surface area (Å²) in [6.45, 7) is 6.72. The van der Waals surface area contributed by atoms with Crippen molar-refractivity contribution >= 4 is 0 Å². The van der Waals surface area contributed by atoms with E-state index in [0.29, 0.717) is 6.04 Å². The second-order valence-corrected chi connectivity index (χ2v) is 3.43. The van der Waals surface area contributed by atoms with Gasteiger partial charge in [0, 0.05) is 0 Å². The molecule has 0 aliphatic carbocycles. The van der Waals surface area contributed by atoms with E-state index in [4.69, 9.17) is 0 Å². The smallest absolute Gasteiger partial charge is 0.0815 e. The van der Waals surface area contributed by atoms with Crippen LogP contribution in [0.25, 0.3) is 0 Å². The third-order valence-electron chi connectivity index (χ3n) is 1.48. The van der Waals surface area contributed by atoms with E-state index >= 15 is 0 Å². The Morgan fingerprint density at radius 2 is 1.67 bits per heavy atom. The van der Waals surface area contributed by atoms with Gasteiger partial charge in [-0.25, -0.2) is 0 Å². The topological polar surface area (TPSA) is 27.6 Å². The highest BCUT2D eigenvalue weighted by Gasteiger charge is 1.98. The van der Waals surface area contributed by atoms with E-state index in [-0.39, 0.29) is 0 Å². The molecule has 1 heteroatoms. The molecule has 56 valence electrons. The first-order valence-electron chi connectivity index (χ1n) is 3.96. The predicted octanol–water partition coefficient (Wildman–Crippen LogP) is 1.44. The van der Waals surface area contributed by atoms with E-state index in [1.165, 1.54) is 19.3 Å². The van der Waals surface area contributed by atoms with Gasteiger partial charge < -0.3 is 5.73 Å². The van der Waals surface area contributed by atoms with Gasteiger partial charge in [-0.1, -0.05) is 20.3 Å². The van der Waals surface area contributed by atoms with E-state index in [0.717, 1.165) is 5.92 Å². The molecule has 3 N–H and O–H groups in total. The number of hydrogen-bond donors (Lipinski definition) is 1. The van der Waals surface area contributed by atoms with Crippen LogP contribution in [0.5, 0.6) is 0 Å². The first kappa shape index (κ1) is 8.96. The number of hydrogen-bond acceptors (Lipinski definition) is 0. The lowest BCUT2D eigenvalue weighted by atomic mass is 10.0. The van der Waals surface area contributed by atoms with Gasteiger partial charge in [0.25, 0.3) is 0 Å². The Labute approximate surface area is 58.6 Å². The van der Waals surface area contributed by atoms with Crippen LogP contribution >= 0.6 is 0 Å². The van der Waals surface area contributed by atoms with Crippen molar-refractivity contribution in [3.63, 3.8) is 0 Å². The maximum atomic E-state index is 3.94. The van der Waals surface area contributed by atoms with Crippen LogP contribution in [-0.4, -0.2) is 6.04 Å². The van der Waals surface area contributed by atoms with Crippen molar-refractivity contribution < 1.29 is 5.73 Å². The molecule has 0 aromatic rings. The summed E-state index contributed by atoms with van der Waals surface area (Å²) in [5, 5.41) is 0. The van der Waals surface area contributed by atoms with Crippen molar-refractivity contribution in [3.05, 3.63) is 0 Å². The van der Waals surface area contributed by atoms with Gasteiger partial charge in [-0.2, -0.15) is 0 Å². The summed E-state index contributed by atoms with van der Waals surface area (Å²) in [6, 6.07) is 0.642. The molecule has 0 fully saturated rings. The Bertz CT molecular complexity index is 49.6. The molecule has 0 saturated carbocycles. The maximum Gasteiger partial charge on any atom is 0.0815 e. The van der Waals surface area contributed by atoms with Gasteiger partial charge in [0.1, 0.15) is 0 Å². The molecule has 0 spiro atoms. The molecule has 0 aliphatic rings. The Kier molecular flexibility index (Phi) is 4.78. The van der Waals surface area contributed by atoms with E-state index in [1.807, 2.05) is 0 Å². The molecule has 0 amide bonds. The molecule has 1 atom stereocenters. The average Bonchev–Trinajstić information content (AvgIpc) is 1.63. The lowest BCUT2D eigenvalue weighted by molar-refractivity contribution is -0.415. The van der Waals surface area contributed by atoms with E-state index < -0.39 is 0 Å². The molecule has 0 radical (unpaired) electrons. The van der Waals surface area contributed by atoms with Crippen molar-refractivity contribution in [3.8, 4) is 0 Å². The van der Waals surface area contributed by atoms with Gasteiger partial charge in [0.15, 0.2) is 0 Å². The standard InChI is InChI=1S/C8H19N/c1-7(2)5-4-6-8(3)9/h7-8H,4-6,9H2,1-3H3/p+1/t8-/m1/s1. The van der Waals surface area contributed by atoms with Crippen molar-refractivity contribution in [1.82, 2.24) is 0 Å². The summed E-state index contributed by atoms with van der Waals surface area (Å²) in [5.41, 5.74) is 3.94. The first-order chi connectivity index (χ1) is 4.13. The fraction of sp³-hybridized carbons (Fsp3) is 1.00. The maximum absolute atomic E-state index is 3.94. The molecule has 1 nitrogen and oxygen atoms in total. The first-order valence-corrected chi connectivity index (χ1v) is 3.96. The second-order valence-electron chi connectivity index (χ2n) is 3.43. The van der Waals surface area contributed by atoms with Crippen molar-refractivity contribution in [1.29, 1.82) is 0 Å². The van der Waals surface area contributed by atoms with E-state index in [9.17, 15) is 0 Å². The lowest BCUT2D eigenvalue weighted by Gasteiger charge is -2.03. The van der Waals surface area contributed by atoms with Crippen molar-refractivity contribution in [2.45, 2.75) is 46.1 Å². The largest absolute Gasteiger partial charge is 0.355 e. The van der Waals surface area contributed by atoms with Crippen LogP contribution in [-0.2, 0) is 0 Å². The Morgan fingerprint density at radius 1 is 1.11 bits per heavy atom. The summed E-state index contributed by atoms with van der Waals surface area (Å²) in [4.78, 5) is 0. The highest BCUT2D eigenvalue weighted by molar-refractivity contribution is 4.49. The normalized spacial score (nSPS) is 14.3. The van der Waals surface area contributed by atoms with Gasteiger partial charge in [-0.05, 0) is 25.7 Å². The zero-order chi connectivity index (χ0) is 7.28. The van der Waals surface area contributed by atoms with Crippen LogP contribution in [0.3, 0.4) is 0 Å². The second kappa shape index (κ2) is 4.80. The third kappa shape index (κ3) is 7.96. The monoisotopic (exact) mass is 130 g/mol. The molecule has 0 aliphatic heterocycles. The van der Waals surface area contributed by atoms with Crippen LogP contribution in [0.15, 0.2) is 0 Å². The van der Waals surface area contributed by atoms with Crippen LogP contribution in [0.1, 0.15) is 40.0 Å². The fourth-order valence-corrected chi connectivity index (χ4v) is 0.875. The molecule has 0 aromatic carbocycles. The molecule has 0 rings (SSSR count). The van der Waals surface area contributed by atoms with Gasteiger partial charge in [0.05, 0.1) is 6.04 Å². The molecule has 0 saturated heterocycles. The third-order valence-corrected chi connectivity index (χ3v) is 1.48. The lowest BCUT2D eigenvalue weighted by Crippen LogP contribution is -2.58. The van der Waals surface area contributed by atoms with Crippen LogP contribution < -0.4 is 5.73 Å². The fourth-order valence-electron chi connectivity index (χ4n) is 0.875. The van der Waals surface area contributed by atoms with Crippen LogP contribution in [0.4, 0.5) is 0 Å². The Balaban J connectivity index is 2.91. The summed E-state index contributed by atoms with van der Waals surface area (Å²) in [7, 11) is 0. The summed E-state index contributed by atoms with van der Waals surface area (Å²) < 4.78 is 0. The summed E-state index contributed by atoms with van der Waals surface area (Å²) in [5.74, 6) is 0.865. The molecule has 0 heterocycles. The highest BCUT2D eigenvalue weighted by Crippen LogP contribution is 2.06. The zero-order valence-corrected chi connectivity index (χ0v) is 6.98. The molecular weight excluding hydrogens is 110 g/mol. The molecule has 9 heavy (non-hydrogen) atoms. The molecule has 0 unspecified atom stereocenters. The molecular formula is C8H20N+. The zero-order valence-electron chi connectivity index (χ0n) is 6.98. The minimum absolute atomic E-state index is 0.642. The van der Waals surface area contributed by atoms with Gasteiger partial charge in [-0.15, -0.1) is 0 Å². The quantitative estimate of drug-likeness (QED) is 0.596. The predicted molar refractivity (Wildman–Crippen MR) is 41.0 cm³/mol. The van der Waals surface area contributed by atoms with E-state index in [1.54, 1.807) is 0 Å². The van der Waals surface area contributed by atoms with Gasteiger partial charge >= 0.3 is 0 Å². The molecule has 0 bridgehead atoms. The SMILES string of the molecule is CC(C)CCC[C@@H](C)[NH3+]. The number of quaternary nitrogens is 1. The van der Waals surface area contributed by atoms with E-state index in [2.05, 4.69) is 26.5 Å². The van der Waals surface area contributed by atoms with Crippen molar-refractivity contribution in [2.24, 2.45) is 5.92 Å². The summed E-state index contributed by atoms with van der Waals surface area (Å²) >= 11 is 0. The van der Waals surface area contributed by atoms with Crippen LogP contribution in [0, 0.1) is 5.92 Å². The van der Waals surface area contributed by atoms with Gasteiger partial charge in [-0.3, -0.25) is 0 Å². The minimum Gasteiger partial charge on any atom is -0.355 e. The number of rotatable bonds is 4. The summed E-state index contributed by atoms with van der Waals surface area (Å²) in [6.07, 6.45) is 4.00. The van der Waals surface area contributed by atoms with Gasteiger partial charge in [0.2, 0.25) is 0 Å². The molecule has 0 aromatic heterocycles. The Morgan fingerprint density at radius 3 is 2.00 bits per heavy atom.